The van der Waals surface area contributed by atoms with Crippen LogP contribution >= 0.6 is 15.6 Å². The zero-order valence-corrected chi connectivity index (χ0v) is 69.8. The van der Waals surface area contributed by atoms with Gasteiger partial charge in [-0.05, 0) is 25.7 Å². The third-order valence-electron chi connectivity index (χ3n) is 20.1. The van der Waals surface area contributed by atoms with Crippen molar-refractivity contribution in [1.82, 2.24) is 0 Å². The smallest absolute Gasteiger partial charge is 0.462 e. The van der Waals surface area contributed by atoms with Crippen LogP contribution in [0.2, 0.25) is 0 Å². The number of carbonyl (C=O) groups is 4. The minimum Gasteiger partial charge on any atom is -0.462 e. The molecule has 0 fully saturated rings. The van der Waals surface area contributed by atoms with Gasteiger partial charge in [0, 0.05) is 25.7 Å². The van der Waals surface area contributed by atoms with Gasteiger partial charge >= 0.3 is 39.5 Å². The van der Waals surface area contributed by atoms with Gasteiger partial charge in [0.05, 0.1) is 26.4 Å². The van der Waals surface area contributed by atoms with Crippen LogP contribution in [-0.4, -0.2) is 96.7 Å². The van der Waals surface area contributed by atoms with Crippen molar-refractivity contribution in [2.45, 2.75) is 483 Å². The maximum absolute atomic E-state index is 13.1. The van der Waals surface area contributed by atoms with Crippen LogP contribution in [0.4, 0.5) is 0 Å². The lowest BCUT2D eigenvalue weighted by Crippen LogP contribution is -2.30. The van der Waals surface area contributed by atoms with Crippen molar-refractivity contribution in [2.75, 3.05) is 39.6 Å². The van der Waals surface area contributed by atoms with E-state index < -0.39 is 97.5 Å². The molecule has 5 atom stereocenters. The number of rotatable bonds is 86. The maximum atomic E-state index is 13.1. The molecule has 0 aliphatic carbocycles. The van der Waals surface area contributed by atoms with Crippen molar-refractivity contribution in [3.8, 4) is 0 Å². The van der Waals surface area contributed by atoms with Crippen molar-refractivity contribution >= 4 is 39.5 Å². The molecule has 0 aliphatic rings. The molecule has 618 valence electrons. The summed E-state index contributed by atoms with van der Waals surface area (Å²) in [6, 6.07) is 0. The molecule has 104 heavy (non-hydrogen) atoms. The van der Waals surface area contributed by atoms with E-state index in [2.05, 4.69) is 27.7 Å². The highest BCUT2D eigenvalue weighted by molar-refractivity contribution is 7.47. The number of ether oxygens (including phenoxy) is 4. The maximum Gasteiger partial charge on any atom is 0.472 e. The Balaban J connectivity index is 5.21. The number of hydrogen-bond donors (Lipinski definition) is 3. The summed E-state index contributed by atoms with van der Waals surface area (Å²) in [6.45, 7) is 5.05. The van der Waals surface area contributed by atoms with Crippen molar-refractivity contribution in [1.29, 1.82) is 0 Å². The lowest BCUT2D eigenvalue weighted by atomic mass is 10.0. The van der Waals surface area contributed by atoms with Crippen molar-refractivity contribution in [2.24, 2.45) is 0 Å². The van der Waals surface area contributed by atoms with Gasteiger partial charge in [0.15, 0.2) is 12.2 Å². The van der Waals surface area contributed by atoms with Crippen LogP contribution in [0.25, 0.3) is 0 Å². The van der Waals surface area contributed by atoms with E-state index in [1.807, 2.05) is 0 Å². The van der Waals surface area contributed by atoms with E-state index in [0.717, 1.165) is 89.9 Å². The van der Waals surface area contributed by atoms with Gasteiger partial charge in [0.2, 0.25) is 0 Å². The Morgan fingerprint density at radius 3 is 0.567 bits per heavy atom. The molecule has 0 saturated heterocycles. The minimum atomic E-state index is -4.96. The topological polar surface area (TPSA) is 237 Å². The number of carbonyl (C=O) groups excluding carboxylic acids is 4. The summed E-state index contributed by atoms with van der Waals surface area (Å²) < 4.78 is 68.8. The number of aliphatic hydroxyl groups excluding tert-OH is 1. The minimum absolute atomic E-state index is 0.109. The molecule has 0 saturated carbocycles. The number of phosphoric acid groups is 2. The fourth-order valence-corrected chi connectivity index (χ4v) is 14.9. The average Bonchev–Trinajstić information content (AvgIpc) is 0.906. The van der Waals surface area contributed by atoms with E-state index in [1.165, 1.54) is 295 Å². The van der Waals surface area contributed by atoms with E-state index in [9.17, 15) is 43.2 Å². The molecule has 0 aromatic heterocycles. The van der Waals surface area contributed by atoms with E-state index in [1.54, 1.807) is 0 Å². The first-order chi connectivity index (χ1) is 50.7. The molecule has 0 heterocycles. The van der Waals surface area contributed by atoms with E-state index in [0.29, 0.717) is 25.7 Å². The Kier molecular flexibility index (Phi) is 77.7. The molecule has 0 bridgehead atoms. The Labute approximate surface area is 638 Å². The normalized spacial score (nSPS) is 13.7. The third kappa shape index (κ3) is 78.2. The van der Waals surface area contributed by atoms with Gasteiger partial charge in [-0.1, -0.05) is 413 Å². The van der Waals surface area contributed by atoms with Crippen LogP contribution in [0.5, 0.6) is 0 Å². The van der Waals surface area contributed by atoms with Crippen LogP contribution in [0.1, 0.15) is 464 Å². The number of esters is 4. The van der Waals surface area contributed by atoms with E-state index in [-0.39, 0.29) is 25.7 Å². The van der Waals surface area contributed by atoms with Crippen molar-refractivity contribution in [3.05, 3.63) is 0 Å². The summed E-state index contributed by atoms with van der Waals surface area (Å²) in [4.78, 5) is 73.1. The summed E-state index contributed by atoms with van der Waals surface area (Å²) in [5.74, 6) is -2.10. The highest BCUT2D eigenvalue weighted by atomic mass is 31.2. The molecule has 0 amide bonds. The first-order valence-electron chi connectivity index (χ1n) is 44.3. The molecular formula is C85H166O17P2. The molecule has 0 spiro atoms. The highest BCUT2D eigenvalue weighted by Crippen LogP contribution is 2.45. The summed E-state index contributed by atoms with van der Waals surface area (Å²) in [5.41, 5.74) is 0. The molecule has 0 aliphatic heterocycles. The molecule has 19 heteroatoms. The lowest BCUT2D eigenvalue weighted by molar-refractivity contribution is -0.161. The van der Waals surface area contributed by atoms with E-state index >= 15 is 0 Å². The van der Waals surface area contributed by atoms with Gasteiger partial charge in [-0.25, -0.2) is 9.13 Å². The molecule has 0 aromatic rings. The molecule has 2 unspecified atom stereocenters. The lowest BCUT2D eigenvalue weighted by Gasteiger charge is -2.21. The fraction of sp³-hybridized carbons (Fsp3) is 0.953. The second-order valence-electron chi connectivity index (χ2n) is 30.6. The van der Waals surface area contributed by atoms with E-state index in [4.69, 9.17) is 37.0 Å². The summed E-state index contributed by atoms with van der Waals surface area (Å²) >= 11 is 0. The van der Waals surface area contributed by atoms with Gasteiger partial charge in [-0.2, -0.15) is 0 Å². The zero-order valence-electron chi connectivity index (χ0n) is 68.0. The molecule has 17 nitrogen and oxygen atoms in total. The third-order valence-corrected chi connectivity index (χ3v) is 22.0. The number of unbranched alkanes of at least 4 members (excludes halogenated alkanes) is 60. The van der Waals surface area contributed by atoms with Crippen molar-refractivity contribution < 1.29 is 80.2 Å². The second-order valence-corrected chi connectivity index (χ2v) is 33.5. The van der Waals surface area contributed by atoms with Crippen molar-refractivity contribution in [3.63, 3.8) is 0 Å². The van der Waals surface area contributed by atoms with Gasteiger partial charge in [-0.3, -0.25) is 37.3 Å². The van der Waals surface area contributed by atoms with Crippen LogP contribution in [0.15, 0.2) is 0 Å². The predicted molar refractivity (Wildman–Crippen MR) is 428 cm³/mol. The summed E-state index contributed by atoms with van der Waals surface area (Å²) in [6.07, 6.45) is 73.6. The molecule has 0 aromatic carbocycles. The van der Waals surface area contributed by atoms with Crippen LogP contribution in [0, 0.1) is 0 Å². The molecular weight excluding hydrogens is 1350 g/mol. The number of aliphatic hydroxyl groups is 1. The van der Waals surface area contributed by atoms with Crippen LogP contribution in [-0.2, 0) is 65.4 Å². The molecule has 0 radical (unpaired) electrons. The van der Waals surface area contributed by atoms with Gasteiger partial charge in [0.25, 0.3) is 0 Å². The second kappa shape index (κ2) is 79.2. The van der Waals surface area contributed by atoms with Crippen LogP contribution in [0.3, 0.4) is 0 Å². The Hall–Kier alpha value is -1.94. The van der Waals surface area contributed by atoms with Gasteiger partial charge < -0.3 is 33.8 Å². The molecule has 3 N–H and O–H groups in total. The Morgan fingerprint density at radius 1 is 0.231 bits per heavy atom. The number of phosphoric ester groups is 2. The summed E-state index contributed by atoms with van der Waals surface area (Å²) in [7, 11) is -9.92. The predicted octanol–water partition coefficient (Wildman–Crippen LogP) is 26.1. The first-order valence-corrected chi connectivity index (χ1v) is 47.3. The Morgan fingerprint density at radius 2 is 0.385 bits per heavy atom. The van der Waals surface area contributed by atoms with Gasteiger partial charge in [0.1, 0.15) is 19.3 Å². The van der Waals surface area contributed by atoms with Crippen LogP contribution < -0.4 is 0 Å². The zero-order chi connectivity index (χ0) is 76.0. The Bertz CT molecular complexity index is 1960. The molecule has 0 rings (SSSR count). The SMILES string of the molecule is CCCCCCCCCCCCCCCCCCCCCCCCC(=O)O[C@H](COC(=O)CCCCCCCCCCCCCCCCCCCC)COP(=O)(O)OC[C@@H](O)COP(=O)(O)OC[C@@H](COC(=O)CCCCCCCCCCCCC)OC(=O)CCCCCCCCCCCCCCC. The fourth-order valence-electron chi connectivity index (χ4n) is 13.3. The average molecular weight is 1520 g/mol. The highest BCUT2D eigenvalue weighted by Gasteiger charge is 2.30. The summed E-state index contributed by atoms with van der Waals surface area (Å²) in [5, 5.41) is 10.7. The number of hydrogen-bond acceptors (Lipinski definition) is 15. The monoisotopic (exact) mass is 1520 g/mol. The largest absolute Gasteiger partial charge is 0.472 e. The quantitative estimate of drug-likeness (QED) is 0.0222. The standard InChI is InChI=1S/C85H166O17P2/c1-5-9-13-17-21-25-29-32-34-36-38-39-40-41-43-45-48-52-56-60-64-68-72-85(90)102-81(76-96-83(88)70-66-62-58-54-50-47-44-42-37-35-33-30-26-22-18-14-10-6-2)78-100-104(93,94)98-74-79(86)73-97-103(91,92)99-77-80(75-95-82(87)69-65-61-57-53-49-28-24-20-16-12-8-4)101-84(89)71-67-63-59-55-51-46-31-27-23-19-15-11-7-3/h79-81,86H,5-78H2,1-4H3,(H,91,92)(H,93,94)/t79-,80+,81+/m0/s1. The first kappa shape index (κ1) is 102. The van der Waals surface area contributed by atoms with Gasteiger partial charge in [-0.15, -0.1) is 0 Å².